The number of methoxy groups -OCH3 is 1. The van der Waals surface area contributed by atoms with Crippen LogP contribution in [-0.4, -0.2) is 25.3 Å². The molecular formula is C16H18N2O3. The van der Waals surface area contributed by atoms with Gasteiger partial charge in [-0.05, 0) is 30.9 Å². The molecule has 1 aromatic rings. The Hall–Kier alpha value is -2.30. The maximum Gasteiger partial charge on any atom is 0.277 e. The number of nitrogens with zero attached hydrogens (tertiary/aromatic N) is 1. The third-order valence-electron chi connectivity index (χ3n) is 3.92. The van der Waals surface area contributed by atoms with Gasteiger partial charge in [-0.3, -0.25) is 4.79 Å². The molecule has 3 rings (SSSR count). The third-order valence-corrected chi connectivity index (χ3v) is 3.92. The van der Waals surface area contributed by atoms with Crippen molar-refractivity contribution >= 4 is 11.6 Å². The fourth-order valence-corrected chi connectivity index (χ4v) is 2.71. The van der Waals surface area contributed by atoms with E-state index in [1.165, 1.54) is 0 Å². The lowest BCUT2D eigenvalue weighted by atomic mass is 9.74. The number of ether oxygens (including phenoxy) is 2. The molecule has 1 fully saturated rings. The van der Waals surface area contributed by atoms with Crippen LogP contribution < -0.4 is 14.9 Å². The molecule has 0 aliphatic heterocycles. The second kappa shape index (κ2) is 5.99. The first-order chi connectivity index (χ1) is 10.3. The number of rotatable bonds is 5. The molecule has 0 spiro atoms. The number of allylic oxidation sites excluding steroid dienone is 2. The Kier molecular flexibility index (Phi) is 3.90. The van der Waals surface area contributed by atoms with Crippen LogP contribution in [0.4, 0.5) is 0 Å². The van der Waals surface area contributed by atoms with Crippen molar-refractivity contribution in [1.29, 1.82) is 0 Å². The molecule has 2 aliphatic rings. The van der Waals surface area contributed by atoms with Crippen LogP contribution in [-0.2, 0) is 4.79 Å². The number of carbonyl (C=O) groups is 1. The van der Waals surface area contributed by atoms with E-state index < -0.39 is 0 Å². The molecule has 0 aromatic heterocycles. The molecule has 0 unspecified atom stereocenters. The minimum Gasteiger partial charge on any atom is -0.493 e. The quantitative estimate of drug-likeness (QED) is 0.666. The number of benzene rings is 1. The fourth-order valence-electron chi connectivity index (χ4n) is 2.71. The van der Waals surface area contributed by atoms with Gasteiger partial charge in [-0.25, -0.2) is 5.43 Å². The zero-order valence-corrected chi connectivity index (χ0v) is 11.9. The van der Waals surface area contributed by atoms with Crippen LogP contribution in [0.1, 0.15) is 12.8 Å². The molecule has 2 atom stereocenters. The first-order valence-electron chi connectivity index (χ1n) is 7.05. The van der Waals surface area contributed by atoms with Gasteiger partial charge in [-0.15, -0.1) is 0 Å². The maximum absolute atomic E-state index is 11.8. The number of hydrogen-bond donors (Lipinski definition) is 1. The number of hydrogen-bond acceptors (Lipinski definition) is 4. The van der Waals surface area contributed by atoms with Gasteiger partial charge in [0, 0.05) is 11.6 Å². The second-order valence-corrected chi connectivity index (χ2v) is 5.22. The van der Waals surface area contributed by atoms with Crippen molar-refractivity contribution in [3.63, 3.8) is 0 Å². The standard InChI is InChI=1S/C16H18N2O3/c1-20-14-7-2-3-8-15(14)21-10-16(19)18-17-13-9-11-5-4-6-12(11)13/h2-5,7-8,11-12H,6,9-10H2,1H3,(H,18,19)/b17-13-/t11-,12+/m1/s1. The normalized spacial score (nSPS) is 24.3. The van der Waals surface area contributed by atoms with Crippen LogP contribution in [0.2, 0.25) is 0 Å². The SMILES string of the molecule is COc1ccccc1OCC(=O)N/N=C1/C[C@H]2C=CC[C@H]12. The fraction of sp³-hybridized carbons (Fsp3) is 0.375. The summed E-state index contributed by atoms with van der Waals surface area (Å²) in [5, 5.41) is 4.19. The summed E-state index contributed by atoms with van der Waals surface area (Å²) < 4.78 is 10.6. The summed E-state index contributed by atoms with van der Waals surface area (Å²) in [6.07, 6.45) is 6.41. The predicted octanol–water partition coefficient (Wildman–Crippen LogP) is 2.14. The van der Waals surface area contributed by atoms with Crippen LogP contribution in [0.5, 0.6) is 11.5 Å². The van der Waals surface area contributed by atoms with E-state index in [-0.39, 0.29) is 12.5 Å². The summed E-state index contributed by atoms with van der Waals surface area (Å²) in [5.74, 6) is 2.02. The highest BCUT2D eigenvalue weighted by Gasteiger charge is 2.37. The number of amides is 1. The Balaban J connectivity index is 1.48. The average Bonchev–Trinajstić information content (AvgIpc) is 2.87. The molecule has 1 saturated carbocycles. The Morgan fingerprint density at radius 2 is 2.19 bits per heavy atom. The van der Waals surface area contributed by atoms with Gasteiger partial charge in [-0.2, -0.15) is 5.10 Å². The second-order valence-electron chi connectivity index (χ2n) is 5.22. The molecule has 21 heavy (non-hydrogen) atoms. The van der Waals surface area contributed by atoms with E-state index in [0.29, 0.717) is 23.3 Å². The first kappa shape index (κ1) is 13.7. The Morgan fingerprint density at radius 3 is 2.95 bits per heavy atom. The molecule has 0 radical (unpaired) electrons. The van der Waals surface area contributed by atoms with Crippen LogP contribution in [0.25, 0.3) is 0 Å². The summed E-state index contributed by atoms with van der Waals surface area (Å²) in [6, 6.07) is 7.23. The maximum atomic E-state index is 11.8. The minimum absolute atomic E-state index is 0.0799. The molecule has 2 aliphatic carbocycles. The molecule has 1 aromatic carbocycles. The topological polar surface area (TPSA) is 59.9 Å². The van der Waals surface area contributed by atoms with E-state index in [2.05, 4.69) is 22.7 Å². The van der Waals surface area contributed by atoms with Crippen molar-refractivity contribution in [2.75, 3.05) is 13.7 Å². The highest BCUT2D eigenvalue weighted by Crippen LogP contribution is 2.40. The van der Waals surface area contributed by atoms with Gasteiger partial charge in [0.1, 0.15) is 0 Å². The van der Waals surface area contributed by atoms with Crippen molar-refractivity contribution in [3.8, 4) is 11.5 Å². The third kappa shape index (κ3) is 2.91. The Labute approximate surface area is 123 Å². The molecular weight excluding hydrogens is 268 g/mol. The van der Waals surface area contributed by atoms with E-state index in [0.717, 1.165) is 18.6 Å². The lowest BCUT2D eigenvalue weighted by molar-refractivity contribution is -0.123. The van der Waals surface area contributed by atoms with Crippen molar-refractivity contribution < 1.29 is 14.3 Å². The van der Waals surface area contributed by atoms with Crippen molar-refractivity contribution in [3.05, 3.63) is 36.4 Å². The van der Waals surface area contributed by atoms with Crippen molar-refractivity contribution in [2.45, 2.75) is 12.8 Å². The van der Waals surface area contributed by atoms with E-state index >= 15 is 0 Å². The van der Waals surface area contributed by atoms with Crippen LogP contribution in [0, 0.1) is 11.8 Å². The zero-order valence-electron chi connectivity index (χ0n) is 11.9. The monoisotopic (exact) mass is 286 g/mol. The number of nitrogens with one attached hydrogen (secondary N) is 1. The van der Waals surface area contributed by atoms with E-state index in [9.17, 15) is 4.79 Å². The molecule has 0 bridgehead atoms. The summed E-state index contributed by atoms with van der Waals surface area (Å²) in [7, 11) is 1.57. The molecule has 1 amide bonds. The average molecular weight is 286 g/mol. The number of hydrazone groups is 1. The van der Waals surface area contributed by atoms with Gasteiger partial charge >= 0.3 is 0 Å². The molecule has 0 heterocycles. The highest BCUT2D eigenvalue weighted by atomic mass is 16.5. The zero-order chi connectivity index (χ0) is 14.7. The molecule has 110 valence electrons. The Morgan fingerprint density at radius 1 is 1.38 bits per heavy atom. The minimum atomic E-state index is -0.261. The van der Waals surface area contributed by atoms with Gasteiger partial charge in [0.15, 0.2) is 18.1 Å². The van der Waals surface area contributed by atoms with Crippen LogP contribution in [0.3, 0.4) is 0 Å². The summed E-state index contributed by atoms with van der Waals surface area (Å²) in [5.41, 5.74) is 3.64. The molecule has 0 saturated heterocycles. The lowest BCUT2D eigenvalue weighted by Crippen LogP contribution is -2.36. The van der Waals surface area contributed by atoms with Crippen molar-refractivity contribution in [2.24, 2.45) is 16.9 Å². The van der Waals surface area contributed by atoms with Crippen LogP contribution in [0.15, 0.2) is 41.5 Å². The summed E-state index contributed by atoms with van der Waals surface area (Å²) in [4.78, 5) is 11.8. The van der Waals surface area contributed by atoms with E-state index in [1.807, 2.05) is 12.1 Å². The molecule has 5 nitrogen and oxygen atoms in total. The highest BCUT2D eigenvalue weighted by molar-refractivity contribution is 5.94. The van der Waals surface area contributed by atoms with Gasteiger partial charge in [0.05, 0.1) is 7.11 Å². The van der Waals surface area contributed by atoms with Crippen molar-refractivity contribution in [1.82, 2.24) is 5.43 Å². The smallest absolute Gasteiger partial charge is 0.277 e. The largest absolute Gasteiger partial charge is 0.493 e. The van der Waals surface area contributed by atoms with Gasteiger partial charge in [-0.1, -0.05) is 24.3 Å². The number of para-hydroxylation sites is 2. The van der Waals surface area contributed by atoms with E-state index in [1.54, 1.807) is 19.2 Å². The van der Waals surface area contributed by atoms with Crippen LogP contribution >= 0.6 is 0 Å². The Bertz CT molecular complexity index is 595. The van der Waals surface area contributed by atoms with E-state index in [4.69, 9.17) is 9.47 Å². The lowest BCUT2D eigenvalue weighted by Gasteiger charge is -2.31. The van der Waals surface area contributed by atoms with Gasteiger partial charge in [0.25, 0.3) is 5.91 Å². The van der Waals surface area contributed by atoms with Gasteiger partial charge in [0.2, 0.25) is 0 Å². The first-order valence-corrected chi connectivity index (χ1v) is 7.05. The predicted molar refractivity (Wildman–Crippen MR) is 79.4 cm³/mol. The number of fused-ring (bicyclic) bond motifs is 1. The number of carbonyl (C=O) groups excluding carboxylic acids is 1. The summed E-state index contributed by atoms with van der Waals surface area (Å²) in [6.45, 7) is -0.0799. The van der Waals surface area contributed by atoms with Gasteiger partial charge < -0.3 is 9.47 Å². The summed E-state index contributed by atoms with van der Waals surface area (Å²) >= 11 is 0. The molecule has 5 heteroatoms. The molecule has 1 N–H and O–H groups in total.